The van der Waals surface area contributed by atoms with Crippen LogP contribution in [0.5, 0.6) is 0 Å². The molecule has 0 atom stereocenters. The Kier molecular flexibility index (Phi) is 3.42. The fourth-order valence-electron chi connectivity index (χ4n) is 2.19. The first-order valence-electron chi connectivity index (χ1n) is 6.90. The van der Waals surface area contributed by atoms with E-state index in [1.165, 1.54) is 28.3 Å². The fraction of sp³-hybridized carbons (Fsp3) is 0.438. The second-order valence-corrected chi connectivity index (χ2v) is 6.89. The number of hydrogen-bond donors (Lipinski definition) is 1. The van der Waals surface area contributed by atoms with Gasteiger partial charge in [-0.15, -0.1) is 11.3 Å². The van der Waals surface area contributed by atoms with Gasteiger partial charge in [0.1, 0.15) is 5.01 Å². The summed E-state index contributed by atoms with van der Waals surface area (Å²) in [5.41, 5.74) is 1.31. The third-order valence-electron chi connectivity index (χ3n) is 3.73. The van der Waals surface area contributed by atoms with Crippen molar-refractivity contribution in [2.45, 2.75) is 44.7 Å². The van der Waals surface area contributed by atoms with E-state index in [0.717, 1.165) is 12.6 Å². The maximum absolute atomic E-state index is 4.64. The molecule has 0 amide bonds. The molecule has 100 valence electrons. The first-order chi connectivity index (χ1) is 9.16. The van der Waals surface area contributed by atoms with Crippen LogP contribution in [0.3, 0.4) is 0 Å². The monoisotopic (exact) mass is 272 g/mol. The summed E-state index contributed by atoms with van der Waals surface area (Å²) in [7, 11) is 0. The van der Waals surface area contributed by atoms with Gasteiger partial charge < -0.3 is 5.32 Å². The lowest BCUT2D eigenvalue weighted by Gasteiger charge is -2.22. The van der Waals surface area contributed by atoms with Crippen LogP contribution in [-0.4, -0.2) is 11.0 Å². The Balaban J connectivity index is 1.76. The van der Waals surface area contributed by atoms with Crippen LogP contribution in [0.4, 0.5) is 0 Å². The van der Waals surface area contributed by atoms with Crippen molar-refractivity contribution >= 4 is 11.3 Å². The van der Waals surface area contributed by atoms with Crippen LogP contribution in [0.2, 0.25) is 0 Å². The molecule has 2 aromatic rings. The van der Waals surface area contributed by atoms with Crippen molar-refractivity contribution in [3.8, 4) is 0 Å². The average Bonchev–Trinajstić information content (AvgIpc) is 3.13. The van der Waals surface area contributed by atoms with Crippen LogP contribution >= 0.6 is 11.3 Å². The van der Waals surface area contributed by atoms with Gasteiger partial charge in [0, 0.05) is 29.1 Å². The number of hydrogen-bond acceptors (Lipinski definition) is 3. The molecule has 3 heteroatoms. The topological polar surface area (TPSA) is 24.9 Å². The molecule has 0 saturated heterocycles. The van der Waals surface area contributed by atoms with E-state index in [2.05, 4.69) is 54.5 Å². The van der Waals surface area contributed by atoms with E-state index in [4.69, 9.17) is 0 Å². The number of rotatable bonds is 5. The maximum Gasteiger partial charge on any atom is 0.103 e. The lowest BCUT2D eigenvalue weighted by molar-refractivity contribution is 0.635. The number of benzene rings is 1. The minimum atomic E-state index is -0.0102. The van der Waals surface area contributed by atoms with Gasteiger partial charge >= 0.3 is 0 Å². The van der Waals surface area contributed by atoms with Gasteiger partial charge in [-0.1, -0.05) is 30.3 Å². The van der Waals surface area contributed by atoms with Crippen molar-refractivity contribution in [2.24, 2.45) is 0 Å². The molecular weight excluding hydrogens is 252 g/mol. The number of aromatic nitrogens is 1. The van der Waals surface area contributed by atoms with Crippen molar-refractivity contribution in [3.05, 3.63) is 52.0 Å². The van der Waals surface area contributed by atoms with Gasteiger partial charge in [-0.05, 0) is 32.3 Å². The number of thiazole rings is 1. The van der Waals surface area contributed by atoms with E-state index in [1.54, 1.807) is 0 Å². The van der Waals surface area contributed by atoms with E-state index in [9.17, 15) is 0 Å². The zero-order valence-electron chi connectivity index (χ0n) is 11.5. The quantitative estimate of drug-likeness (QED) is 0.897. The normalized spacial score (nSPS) is 15.7. The third-order valence-corrected chi connectivity index (χ3v) is 5.05. The molecule has 1 heterocycles. The van der Waals surface area contributed by atoms with Gasteiger partial charge in [0.15, 0.2) is 0 Å². The summed E-state index contributed by atoms with van der Waals surface area (Å²) in [6.07, 6.45) is 4.70. The molecule has 1 N–H and O–H groups in total. The summed E-state index contributed by atoms with van der Waals surface area (Å²) >= 11 is 1.83. The highest BCUT2D eigenvalue weighted by Crippen LogP contribution is 2.34. The molecular formula is C16H20N2S. The van der Waals surface area contributed by atoms with Gasteiger partial charge in [-0.3, -0.25) is 0 Å². The van der Waals surface area contributed by atoms with E-state index >= 15 is 0 Å². The van der Waals surface area contributed by atoms with E-state index in [1.807, 2.05) is 17.5 Å². The highest BCUT2D eigenvalue weighted by atomic mass is 32.1. The Labute approximate surface area is 118 Å². The maximum atomic E-state index is 4.64. The van der Waals surface area contributed by atoms with E-state index < -0.39 is 0 Å². The largest absolute Gasteiger partial charge is 0.309 e. The predicted octanol–water partition coefficient (Wildman–Crippen LogP) is 3.72. The van der Waals surface area contributed by atoms with Crippen molar-refractivity contribution in [1.82, 2.24) is 10.3 Å². The lowest BCUT2D eigenvalue weighted by atomic mass is 9.85. The Morgan fingerprint density at radius 1 is 1.26 bits per heavy atom. The Hall–Kier alpha value is -1.19. The first kappa shape index (κ1) is 12.8. The third kappa shape index (κ3) is 2.88. The highest BCUT2D eigenvalue weighted by molar-refractivity contribution is 7.11. The fourth-order valence-corrected chi connectivity index (χ4v) is 3.18. The lowest BCUT2D eigenvalue weighted by Crippen LogP contribution is -2.18. The van der Waals surface area contributed by atoms with Gasteiger partial charge in [-0.25, -0.2) is 4.98 Å². The summed E-state index contributed by atoms with van der Waals surface area (Å²) < 4.78 is 0. The molecule has 0 radical (unpaired) electrons. The highest BCUT2D eigenvalue weighted by Gasteiger charge is 2.27. The molecule has 1 aromatic carbocycles. The molecule has 0 spiro atoms. The Morgan fingerprint density at radius 2 is 2.00 bits per heavy atom. The second kappa shape index (κ2) is 5.06. The Bertz CT molecular complexity index is 541. The molecule has 1 fully saturated rings. The number of nitrogens with one attached hydrogen (secondary N) is 1. The smallest absolute Gasteiger partial charge is 0.103 e. The molecule has 2 nitrogen and oxygen atoms in total. The van der Waals surface area contributed by atoms with Crippen LogP contribution in [0.1, 0.15) is 42.1 Å². The molecule has 1 aliphatic rings. The van der Waals surface area contributed by atoms with Gasteiger partial charge in [0.2, 0.25) is 0 Å². The van der Waals surface area contributed by atoms with Crippen molar-refractivity contribution < 1.29 is 0 Å². The van der Waals surface area contributed by atoms with Crippen molar-refractivity contribution in [3.63, 3.8) is 0 Å². The summed E-state index contributed by atoms with van der Waals surface area (Å²) in [4.78, 5) is 5.98. The minimum Gasteiger partial charge on any atom is -0.309 e. The second-order valence-electron chi connectivity index (χ2n) is 5.78. The van der Waals surface area contributed by atoms with Crippen molar-refractivity contribution in [2.75, 3.05) is 0 Å². The number of nitrogens with zero attached hydrogens (tertiary/aromatic N) is 1. The van der Waals surface area contributed by atoms with Gasteiger partial charge in [0.05, 0.1) is 0 Å². The summed E-state index contributed by atoms with van der Waals surface area (Å²) in [5.74, 6) is 0. The molecule has 3 rings (SSSR count). The molecule has 0 unspecified atom stereocenters. The SMILES string of the molecule is CC(C)(c1ccccc1)c1ncc(CNC2CC2)s1. The Morgan fingerprint density at radius 3 is 2.68 bits per heavy atom. The molecule has 0 aliphatic heterocycles. The summed E-state index contributed by atoms with van der Waals surface area (Å²) in [6, 6.07) is 11.4. The first-order valence-corrected chi connectivity index (χ1v) is 7.72. The molecule has 1 aliphatic carbocycles. The zero-order valence-corrected chi connectivity index (χ0v) is 12.3. The summed E-state index contributed by atoms with van der Waals surface area (Å²) in [5, 5.41) is 4.75. The summed E-state index contributed by atoms with van der Waals surface area (Å²) in [6.45, 7) is 5.46. The molecule has 1 saturated carbocycles. The molecule has 19 heavy (non-hydrogen) atoms. The van der Waals surface area contributed by atoms with Crippen molar-refractivity contribution in [1.29, 1.82) is 0 Å². The molecule has 0 bridgehead atoms. The van der Waals surface area contributed by atoms with Crippen LogP contribution in [0.15, 0.2) is 36.5 Å². The minimum absolute atomic E-state index is 0.0102. The predicted molar refractivity (Wildman–Crippen MR) is 80.5 cm³/mol. The van der Waals surface area contributed by atoms with Crippen LogP contribution in [-0.2, 0) is 12.0 Å². The van der Waals surface area contributed by atoms with E-state index in [0.29, 0.717) is 0 Å². The van der Waals surface area contributed by atoms with Crippen LogP contribution in [0.25, 0.3) is 0 Å². The van der Waals surface area contributed by atoms with Crippen LogP contribution < -0.4 is 5.32 Å². The standard InChI is InChI=1S/C16H20N2S/c1-16(2,12-6-4-3-5-7-12)15-18-11-14(19-15)10-17-13-8-9-13/h3-7,11,13,17H,8-10H2,1-2H3. The van der Waals surface area contributed by atoms with Gasteiger partial charge in [-0.2, -0.15) is 0 Å². The zero-order chi connectivity index (χ0) is 13.3. The molecule has 1 aromatic heterocycles. The van der Waals surface area contributed by atoms with Crippen LogP contribution in [0, 0.1) is 0 Å². The average molecular weight is 272 g/mol. The van der Waals surface area contributed by atoms with E-state index in [-0.39, 0.29) is 5.41 Å². The van der Waals surface area contributed by atoms with Gasteiger partial charge in [0.25, 0.3) is 0 Å².